The van der Waals surface area contributed by atoms with E-state index in [4.69, 9.17) is 4.98 Å². The Balaban J connectivity index is 2.29. The second-order valence-electron chi connectivity index (χ2n) is 5.27. The molecule has 0 amide bonds. The Morgan fingerprint density at radius 1 is 0.950 bits per heavy atom. The third-order valence-corrected chi connectivity index (χ3v) is 3.48. The van der Waals surface area contributed by atoms with Crippen molar-refractivity contribution >= 4 is 10.9 Å². The summed E-state index contributed by atoms with van der Waals surface area (Å²) >= 11 is 0. The van der Waals surface area contributed by atoms with Gasteiger partial charge in [0.1, 0.15) is 5.82 Å². The minimum Gasteiger partial charge on any atom is -0.253 e. The molecule has 3 rings (SSSR count). The molecule has 0 saturated heterocycles. The Hall–Kier alpha value is -2.22. The molecule has 0 aliphatic carbocycles. The quantitative estimate of drug-likeness (QED) is 0.623. The van der Waals surface area contributed by atoms with Gasteiger partial charge in [-0.05, 0) is 41.3 Å². The predicted octanol–water partition coefficient (Wildman–Crippen LogP) is 5.16. The van der Waals surface area contributed by atoms with Gasteiger partial charge in [0.25, 0.3) is 0 Å². The number of fused-ring (bicyclic) bond motifs is 1. The molecule has 0 N–H and O–H groups in total. The monoisotopic (exact) mass is 265 g/mol. The molecular formula is C18H16FN. The molecule has 1 aromatic heterocycles. The summed E-state index contributed by atoms with van der Waals surface area (Å²) in [6.07, 6.45) is 0. The lowest BCUT2D eigenvalue weighted by Crippen LogP contribution is -1.95. The van der Waals surface area contributed by atoms with Crippen molar-refractivity contribution in [3.8, 4) is 11.1 Å². The zero-order valence-corrected chi connectivity index (χ0v) is 11.6. The van der Waals surface area contributed by atoms with Gasteiger partial charge in [0.15, 0.2) is 0 Å². The van der Waals surface area contributed by atoms with Crippen LogP contribution in [0.1, 0.15) is 25.5 Å². The molecule has 2 aromatic carbocycles. The fraction of sp³-hybridized carbons (Fsp3) is 0.167. The van der Waals surface area contributed by atoms with Crippen LogP contribution in [0.25, 0.3) is 22.0 Å². The zero-order valence-electron chi connectivity index (χ0n) is 11.6. The maximum atomic E-state index is 13.1. The number of halogens is 1. The van der Waals surface area contributed by atoms with E-state index in [-0.39, 0.29) is 5.82 Å². The summed E-state index contributed by atoms with van der Waals surface area (Å²) in [5.74, 6) is 0.148. The van der Waals surface area contributed by atoms with Crippen LogP contribution in [-0.4, -0.2) is 4.98 Å². The molecule has 0 saturated carbocycles. The van der Waals surface area contributed by atoms with Crippen LogP contribution in [-0.2, 0) is 0 Å². The summed E-state index contributed by atoms with van der Waals surface area (Å²) in [5, 5.41) is 1.10. The van der Waals surface area contributed by atoms with Crippen LogP contribution in [0.15, 0.2) is 54.6 Å². The van der Waals surface area contributed by atoms with Gasteiger partial charge >= 0.3 is 0 Å². The van der Waals surface area contributed by atoms with Crippen LogP contribution in [0.3, 0.4) is 0 Å². The van der Waals surface area contributed by atoms with Gasteiger partial charge in [-0.2, -0.15) is 0 Å². The van der Waals surface area contributed by atoms with Gasteiger partial charge in [0, 0.05) is 11.1 Å². The summed E-state index contributed by atoms with van der Waals surface area (Å²) in [6, 6.07) is 16.8. The first kappa shape index (κ1) is 12.8. The van der Waals surface area contributed by atoms with Crippen LogP contribution in [0, 0.1) is 5.82 Å². The van der Waals surface area contributed by atoms with Gasteiger partial charge in [-0.15, -0.1) is 0 Å². The minimum atomic E-state index is -0.212. The maximum absolute atomic E-state index is 13.1. The topological polar surface area (TPSA) is 12.9 Å². The van der Waals surface area contributed by atoms with E-state index in [9.17, 15) is 4.39 Å². The molecule has 0 spiro atoms. The Morgan fingerprint density at radius 2 is 1.65 bits per heavy atom. The molecule has 0 unspecified atom stereocenters. The van der Waals surface area contributed by atoms with Gasteiger partial charge in [-0.25, -0.2) is 4.39 Å². The molecule has 0 aliphatic rings. The largest absolute Gasteiger partial charge is 0.253 e. The molecule has 3 aromatic rings. The lowest BCUT2D eigenvalue weighted by atomic mass is 9.97. The normalized spacial score (nSPS) is 11.2. The first-order chi connectivity index (χ1) is 9.65. The molecular weight excluding hydrogens is 249 g/mol. The Kier molecular flexibility index (Phi) is 3.23. The first-order valence-electron chi connectivity index (χ1n) is 6.81. The van der Waals surface area contributed by atoms with Crippen LogP contribution in [0.2, 0.25) is 0 Å². The number of hydrogen-bond acceptors (Lipinski definition) is 1. The van der Waals surface area contributed by atoms with Gasteiger partial charge < -0.3 is 0 Å². The van der Waals surface area contributed by atoms with Crippen molar-refractivity contribution in [2.24, 2.45) is 0 Å². The van der Waals surface area contributed by atoms with Crippen molar-refractivity contribution in [3.63, 3.8) is 0 Å². The number of benzene rings is 2. The zero-order chi connectivity index (χ0) is 14.1. The van der Waals surface area contributed by atoms with Crippen molar-refractivity contribution in [3.05, 3.63) is 66.1 Å². The Labute approximate surface area is 118 Å². The highest BCUT2D eigenvalue weighted by Crippen LogP contribution is 2.30. The van der Waals surface area contributed by atoms with Crippen molar-refractivity contribution in [2.75, 3.05) is 0 Å². The lowest BCUT2D eigenvalue weighted by Gasteiger charge is -2.12. The highest BCUT2D eigenvalue weighted by atomic mass is 19.1. The van der Waals surface area contributed by atoms with Crippen molar-refractivity contribution in [1.82, 2.24) is 4.98 Å². The van der Waals surface area contributed by atoms with E-state index in [1.165, 1.54) is 12.1 Å². The summed E-state index contributed by atoms with van der Waals surface area (Å²) < 4.78 is 13.1. The third kappa shape index (κ3) is 2.29. The standard InChI is InChI=1S/C18H16FN/c1-12(2)18-11-16(13-7-9-14(19)10-8-13)15-5-3-4-6-17(15)20-18/h3-12H,1-2H3. The number of hydrogen-bond donors (Lipinski definition) is 0. The van der Waals surface area contributed by atoms with E-state index < -0.39 is 0 Å². The van der Waals surface area contributed by atoms with Crippen molar-refractivity contribution in [1.29, 1.82) is 0 Å². The Bertz CT molecular complexity index is 745. The summed E-state index contributed by atoms with van der Waals surface area (Å²) in [7, 11) is 0. The summed E-state index contributed by atoms with van der Waals surface area (Å²) in [6.45, 7) is 4.26. The number of nitrogens with zero attached hydrogens (tertiary/aromatic N) is 1. The molecule has 100 valence electrons. The number of para-hydroxylation sites is 1. The third-order valence-electron chi connectivity index (χ3n) is 3.48. The molecule has 1 nitrogen and oxygen atoms in total. The molecule has 0 bridgehead atoms. The smallest absolute Gasteiger partial charge is 0.123 e. The lowest BCUT2D eigenvalue weighted by molar-refractivity contribution is 0.628. The highest BCUT2D eigenvalue weighted by molar-refractivity contribution is 5.94. The average molecular weight is 265 g/mol. The average Bonchev–Trinajstić information content (AvgIpc) is 2.47. The van der Waals surface area contributed by atoms with E-state index in [2.05, 4.69) is 26.0 Å². The highest BCUT2D eigenvalue weighted by Gasteiger charge is 2.09. The Morgan fingerprint density at radius 3 is 2.35 bits per heavy atom. The molecule has 2 heteroatoms. The van der Waals surface area contributed by atoms with Gasteiger partial charge in [-0.3, -0.25) is 4.98 Å². The molecule has 20 heavy (non-hydrogen) atoms. The minimum absolute atomic E-state index is 0.212. The van der Waals surface area contributed by atoms with E-state index in [1.807, 2.05) is 30.3 Å². The van der Waals surface area contributed by atoms with Crippen molar-refractivity contribution < 1.29 is 4.39 Å². The van der Waals surface area contributed by atoms with E-state index >= 15 is 0 Å². The second kappa shape index (κ2) is 5.04. The predicted molar refractivity (Wildman–Crippen MR) is 81.2 cm³/mol. The summed E-state index contributed by atoms with van der Waals surface area (Å²) in [5.41, 5.74) is 4.17. The second-order valence-corrected chi connectivity index (χ2v) is 5.27. The molecule has 1 heterocycles. The van der Waals surface area contributed by atoms with E-state index in [1.54, 1.807) is 0 Å². The number of aromatic nitrogens is 1. The van der Waals surface area contributed by atoms with Crippen LogP contribution in [0.5, 0.6) is 0 Å². The maximum Gasteiger partial charge on any atom is 0.123 e. The van der Waals surface area contributed by atoms with E-state index in [0.717, 1.165) is 27.7 Å². The fourth-order valence-electron chi connectivity index (χ4n) is 2.36. The number of pyridine rings is 1. The molecule has 0 atom stereocenters. The van der Waals surface area contributed by atoms with E-state index in [0.29, 0.717) is 5.92 Å². The van der Waals surface area contributed by atoms with Crippen molar-refractivity contribution in [2.45, 2.75) is 19.8 Å². The first-order valence-corrected chi connectivity index (χ1v) is 6.81. The number of rotatable bonds is 2. The van der Waals surface area contributed by atoms with Gasteiger partial charge in [0.05, 0.1) is 5.52 Å². The summed E-state index contributed by atoms with van der Waals surface area (Å²) in [4.78, 5) is 4.70. The van der Waals surface area contributed by atoms with Crippen LogP contribution >= 0.6 is 0 Å². The molecule has 0 aliphatic heterocycles. The van der Waals surface area contributed by atoms with Crippen LogP contribution in [0.4, 0.5) is 4.39 Å². The van der Waals surface area contributed by atoms with Crippen LogP contribution < -0.4 is 0 Å². The van der Waals surface area contributed by atoms with Gasteiger partial charge in [0.2, 0.25) is 0 Å². The molecule has 0 radical (unpaired) electrons. The van der Waals surface area contributed by atoms with Gasteiger partial charge in [-0.1, -0.05) is 44.2 Å². The molecule has 0 fully saturated rings. The fourth-order valence-corrected chi connectivity index (χ4v) is 2.36. The SMILES string of the molecule is CC(C)c1cc(-c2ccc(F)cc2)c2ccccc2n1.